The largest absolute Gasteiger partial charge is 0.496 e. The summed E-state index contributed by atoms with van der Waals surface area (Å²) in [5.74, 6) is -0.864. The molecule has 1 aromatic rings. The number of amides is 2. The highest BCUT2D eigenvalue weighted by Crippen LogP contribution is 2.28. The number of aromatic carboxylic acids is 1. The molecule has 0 radical (unpaired) electrons. The van der Waals surface area contributed by atoms with Gasteiger partial charge in [0.2, 0.25) is 11.8 Å². The second-order valence-corrected chi connectivity index (χ2v) is 5.44. The van der Waals surface area contributed by atoms with Crippen LogP contribution in [0.15, 0.2) is 18.2 Å². The number of carboxylic acid groups (broad SMARTS) is 1. The van der Waals surface area contributed by atoms with Gasteiger partial charge in [0.25, 0.3) is 0 Å². The van der Waals surface area contributed by atoms with E-state index in [1.165, 1.54) is 25.3 Å². The van der Waals surface area contributed by atoms with Gasteiger partial charge in [0, 0.05) is 30.6 Å². The molecule has 2 amide bonds. The fourth-order valence-electron chi connectivity index (χ4n) is 2.12. The number of rotatable bonds is 8. The zero-order chi connectivity index (χ0) is 16.8. The van der Waals surface area contributed by atoms with Gasteiger partial charge in [-0.15, -0.1) is 0 Å². The van der Waals surface area contributed by atoms with Crippen LogP contribution in [-0.4, -0.2) is 36.5 Å². The summed E-state index contributed by atoms with van der Waals surface area (Å²) in [6.45, 7) is 0.476. The zero-order valence-corrected chi connectivity index (χ0v) is 12.9. The van der Waals surface area contributed by atoms with Crippen molar-refractivity contribution in [3.8, 4) is 5.75 Å². The van der Waals surface area contributed by atoms with E-state index < -0.39 is 5.97 Å². The van der Waals surface area contributed by atoms with Gasteiger partial charge in [0.1, 0.15) is 11.3 Å². The molecule has 0 aliphatic heterocycles. The van der Waals surface area contributed by atoms with Gasteiger partial charge in [-0.2, -0.15) is 0 Å². The third kappa shape index (κ3) is 4.98. The normalized spacial score (nSPS) is 13.3. The third-order valence-corrected chi connectivity index (χ3v) is 3.54. The molecular weight excluding hydrogens is 300 g/mol. The van der Waals surface area contributed by atoms with Gasteiger partial charge >= 0.3 is 5.97 Å². The number of anilines is 1. The van der Waals surface area contributed by atoms with Gasteiger partial charge in [0.05, 0.1) is 7.11 Å². The predicted molar refractivity (Wildman–Crippen MR) is 83.6 cm³/mol. The summed E-state index contributed by atoms with van der Waals surface area (Å²) < 4.78 is 5.00. The van der Waals surface area contributed by atoms with E-state index in [1.807, 2.05) is 0 Å². The molecule has 1 aliphatic rings. The maximum absolute atomic E-state index is 11.8. The van der Waals surface area contributed by atoms with Gasteiger partial charge in [-0.1, -0.05) is 0 Å². The number of hydrogen-bond acceptors (Lipinski definition) is 4. The van der Waals surface area contributed by atoms with Crippen molar-refractivity contribution in [1.29, 1.82) is 0 Å². The molecule has 1 aliphatic carbocycles. The summed E-state index contributed by atoms with van der Waals surface area (Å²) in [6, 6.07) is 4.36. The lowest BCUT2D eigenvalue weighted by Gasteiger charge is -2.09. The molecular formula is C16H20N2O5. The van der Waals surface area contributed by atoms with E-state index in [0.29, 0.717) is 18.7 Å². The zero-order valence-electron chi connectivity index (χ0n) is 12.9. The molecule has 1 fully saturated rings. The Morgan fingerprint density at radius 2 is 2.04 bits per heavy atom. The van der Waals surface area contributed by atoms with E-state index in [-0.39, 0.29) is 35.5 Å². The Hall–Kier alpha value is -2.57. The Morgan fingerprint density at radius 1 is 1.30 bits per heavy atom. The van der Waals surface area contributed by atoms with Gasteiger partial charge in [-0.3, -0.25) is 9.59 Å². The van der Waals surface area contributed by atoms with Crippen molar-refractivity contribution < 1.29 is 24.2 Å². The molecule has 7 heteroatoms. The Bertz CT molecular complexity index is 610. The van der Waals surface area contributed by atoms with Gasteiger partial charge in [0.15, 0.2) is 0 Å². The van der Waals surface area contributed by atoms with Crippen LogP contribution in [0.5, 0.6) is 5.75 Å². The molecule has 0 heterocycles. The second-order valence-electron chi connectivity index (χ2n) is 5.44. The number of benzene rings is 1. The predicted octanol–water partition coefficient (Wildman–Crippen LogP) is 1.64. The quantitative estimate of drug-likeness (QED) is 0.632. The fraction of sp³-hybridized carbons (Fsp3) is 0.438. The molecule has 7 nitrogen and oxygen atoms in total. The lowest BCUT2D eigenvalue weighted by atomic mass is 10.1. The molecule has 0 saturated heterocycles. The smallest absolute Gasteiger partial charge is 0.339 e. The van der Waals surface area contributed by atoms with Crippen LogP contribution >= 0.6 is 0 Å². The van der Waals surface area contributed by atoms with Crippen LogP contribution in [0.2, 0.25) is 0 Å². The Balaban J connectivity index is 1.78. The highest BCUT2D eigenvalue weighted by Gasteiger charge is 2.28. The van der Waals surface area contributed by atoms with Crippen LogP contribution in [0, 0.1) is 5.92 Å². The molecule has 0 aromatic heterocycles. The number of methoxy groups -OCH3 is 1. The van der Waals surface area contributed by atoms with Crippen molar-refractivity contribution in [2.45, 2.75) is 25.7 Å². The molecule has 1 aromatic carbocycles. The highest BCUT2D eigenvalue weighted by atomic mass is 16.5. The lowest BCUT2D eigenvalue weighted by Crippen LogP contribution is -2.26. The van der Waals surface area contributed by atoms with Gasteiger partial charge < -0.3 is 20.5 Å². The van der Waals surface area contributed by atoms with E-state index in [2.05, 4.69) is 10.6 Å². The minimum atomic E-state index is -1.09. The Kier molecular flexibility index (Phi) is 5.56. The summed E-state index contributed by atoms with van der Waals surface area (Å²) in [5, 5.41) is 14.5. The summed E-state index contributed by atoms with van der Waals surface area (Å²) in [4.78, 5) is 34.3. The van der Waals surface area contributed by atoms with Crippen LogP contribution in [0.25, 0.3) is 0 Å². The SMILES string of the molecule is COc1cc(NC(=O)CCCNC(=O)C2CC2)ccc1C(=O)O. The second kappa shape index (κ2) is 7.62. The summed E-state index contributed by atoms with van der Waals surface area (Å²) in [7, 11) is 1.37. The van der Waals surface area contributed by atoms with E-state index in [0.717, 1.165) is 12.8 Å². The molecule has 0 atom stereocenters. The number of carbonyl (C=O) groups excluding carboxylic acids is 2. The van der Waals surface area contributed by atoms with Crippen molar-refractivity contribution in [3.05, 3.63) is 23.8 Å². The minimum Gasteiger partial charge on any atom is -0.496 e. The third-order valence-electron chi connectivity index (χ3n) is 3.54. The number of carbonyl (C=O) groups is 3. The maximum atomic E-state index is 11.8. The molecule has 0 unspecified atom stereocenters. The van der Waals surface area contributed by atoms with Crippen molar-refractivity contribution in [2.75, 3.05) is 19.0 Å². The van der Waals surface area contributed by atoms with Crippen molar-refractivity contribution in [3.63, 3.8) is 0 Å². The lowest BCUT2D eigenvalue weighted by molar-refractivity contribution is -0.122. The monoisotopic (exact) mass is 320 g/mol. The van der Waals surface area contributed by atoms with Gasteiger partial charge in [-0.25, -0.2) is 4.79 Å². The first-order valence-corrected chi connectivity index (χ1v) is 7.50. The summed E-state index contributed by atoms with van der Waals surface area (Å²) in [6.07, 6.45) is 2.74. The first kappa shape index (κ1) is 16.8. The standard InChI is InChI=1S/C16H20N2O5/c1-23-13-9-11(6-7-12(13)16(21)22)18-14(19)3-2-8-17-15(20)10-4-5-10/h6-7,9-10H,2-5,8H2,1H3,(H,17,20)(H,18,19)(H,21,22). The fourth-order valence-corrected chi connectivity index (χ4v) is 2.12. The topological polar surface area (TPSA) is 105 Å². The average molecular weight is 320 g/mol. The van der Waals surface area contributed by atoms with Crippen molar-refractivity contribution >= 4 is 23.5 Å². The number of nitrogens with one attached hydrogen (secondary N) is 2. The van der Waals surface area contributed by atoms with Crippen LogP contribution in [-0.2, 0) is 9.59 Å². The molecule has 2 rings (SSSR count). The molecule has 1 saturated carbocycles. The molecule has 0 spiro atoms. The van der Waals surface area contributed by atoms with Crippen molar-refractivity contribution in [2.24, 2.45) is 5.92 Å². The van der Waals surface area contributed by atoms with Crippen LogP contribution in [0.3, 0.4) is 0 Å². The Morgan fingerprint density at radius 3 is 2.65 bits per heavy atom. The summed E-state index contributed by atoms with van der Waals surface area (Å²) >= 11 is 0. The van der Waals surface area contributed by atoms with Crippen molar-refractivity contribution in [1.82, 2.24) is 5.32 Å². The van der Waals surface area contributed by atoms with E-state index in [1.54, 1.807) is 0 Å². The number of hydrogen-bond donors (Lipinski definition) is 3. The average Bonchev–Trinajstić information content (AvgIpc) is 3.35. The molecule has 23 heavy (non-hydrogen) atoms. The molecule has 124 valence electrons. The summed E-state index contributed by atoms with van der Waals surface area (Å²) in [5.41, 5.74) is 0.507. The Labute approximate surface area is 134 Å². The minimum absolute atomic E-state index is 0.0355. The molecule has 3 N–H and O–H groups in total. The van der Waals surface area contributed by atoms with E-state index in [9.17, 15) is 14.4 Å². The van der Waals surface area contributed by atoms with E-state index >= 15 is 0 Å². The first-order valence-electron chi connectivity index (χ1n) is 7.50. The molecule has 0 bridgehead atoms. The first-order chi connectivity index (χ1) is 11.0. The van der Waals surface area contributed by atoms with Crippen LogP contribution < -0.4 is 15.4 Å². The number of carboxylic acids is 1. The highest BCUT2D eigenvalue weighted by molar-refractivity contribution is 5.94. The number of ether oxygens (including phenoxy) is 1. The maximum Gasteiger partial charge on any atom is 0.339 e. The van der Waals surface area contributed by atoms with E-state index in [4.69, 9.17) is 9.84 Å². The van der Waals surface area contributed by atoms with Crippen LogP contribution in [0.1, 0.15) is 36.0 Å². The van der Waals surface area contributed by atoms with Crippen LogP contribution in [0.4, 0.5) is 5.69 Å². The van der Waals surface area contributed by atoms with Gasteiger partial charge in [-0.05, 0) is 31.4 Å².